The smallest absolute Gasteiger partial charge is 0.0864 e. The molecule has 0 aliphatic carbocycles. The van der Waals surface area contributed by atoms with Gasteiger partial charge in [-0.25, -0.2) is 0 Å². The number of fused-ring (bicyclic) bond motifs is 1. The number of aromatic nitrogens is 1. The number of hydrogen-bond acceptors (Lipinski definition) is 1. The number of nitrogens with zero attached hydrogens (tertiary/aromatic N) is 1. The second-order valence-electron chi connectivity index (χ2n) is 3.31. The highest BCUT2D eigenvalue weighted by Crippen LogP contribution is 2.26. The molecule has 74 valence electrons. The van der Waals surface area contributed by atoms with Crippen LogP contribution in [0.1, 0.15) is 5.69 Å². The first-order chi connectivity index (χ1) is 6.74. The van der Waals surface area contributed by atoms with E-state index in [9.17, 15) is 0 Å². The van der Waals surface area contributed by atoms with Crippen LogP contribution in [0.2, 0.25) is 0 Å². The summed E-state index contributed by atoms with van der Waals surface area (Å²) in [6.07, 6.45) is 0. The van der Waals surface area contributed by atoms with Gasteiger partial charge in [0.15, 0.2) is 0 Å². The zero-order chi connectivity index (χ0) is 10.1. The number of hydrogen-bond donors (Lipinski definition) is 0. The van der Waals surface area contributed by atoms with E-state index in [1.54, 1.807) is 7.11 Å². The quantitative estimate of drug-likeness (QED) is 0.803. The minimum absolute atomic E-state index is 0.650. The van der Waals surface area contributed by atoms with E-state index >= 15 is 0 Å². The summed E-state index contributed by atoms with van der Waals surface area (Å²) >= 11 is 3.55. The van der Waals surface area contributed by atoms with Crippen molar-refractivity contribution in [2.75, 3.05) is 7.11 Å². The van der Waals surface area contributed by atoms with Gasteiger partial charge in [-0.15, -0.1) is 0 Å². The second-order valence-corrected chi connectivity index (χ2v) is 4.16. The molecule has 14 heavy (non-hydrogen) atoms. The molecular weight excluding hydrogens is 242 g/mol. The van der Waals surface area contributed by atoms with E-state index in [1.165, 1.54) is 16.6 Å². The minimum Gasteiger partial charge on any atom is -0.378 e. The van der Waals surface area contributed by atoms with Gasteiger partial charge in [0, 0.05) is 29.7 Å². The molecule has 1 aromatic carbocycles. The summed E-state index contributed by atoms with van der Waals surface area (Å²) in [6, 6.07) is 8.37. The van der Waals surface area contributed by atoms with E-state index in [4.69, 9.17) is 4.74 Å². The number of ether oxygens (including phenoxy) is 1. The van der Waals surface area contributed by atoms with Crippen LogP contribution in [0.25, 0.3) is 10.9 Å². The van der Waals surface area contributed by atoms with Gasteiger partial charge in [0.1, 0.15) is 0 Å². The Morgan fingerprint density at radius 2 is 2.21 bits per heavy atom. The monoisotopic (exact) mass is 253 g/mol. The fourth-order valence-corrected chi connectivity index (χ4v) is 2.36. The van der Waals surface area contributed by atoms with E-state index in [0.717, 1.165) is 4.47 Å². The molecule has 1 heterocycles. The van der Waals surface area contributed by atoms with E-state index in [2.05, 4.69) is 45.7 Å². The van der Waals surface area contributed by atoms with Crippen LogP contribution in [0, 0.1) is 0 Å². The maximum absolute atomic E-state index is 5.14. The largest absolute Gasteiger partial charge is 0.378 e. The van der Waals surface area contributed by atoms with Gasteiger partial charge in [0.2, 0.25) is 0 Å². The topological polar surface area (TPSA) is 14.2 Å². The first kappa shape index (κ1) is 9.74. The molecule has 2 nitrogen and oxygen atoms in total. The van der Waals surface area contributed by atoms with Crippen LogP contribution in [0.15, 0.2) is 28.7 Å². The Morgan fingerprint density at radius 1 is 1.43 bits per heavy atom. The first-order valence-corrected chi connectivity index (χ1v) is 5.25. The average molecular weight is 254 g/mol. The van der Waals surface area contributed by atoms with Gasteiger partial charge in [-0.05, 0) is 28.1 Å². The Balaban J connectivity index is 2.68. The molecule has 0 fully saturated rings. The molecule has 0 saturated carbocycles. The fraction of sp³-hybridized carbons (Fsp3) is 0.273. The Morgan fingerprint density at radius 3 is 2.86 bits per heavy atom. The summed E-state index contributed by atoms with van der Waals surface area (Å²) in [5.74, 6) is 0. The highest BCUT2D eigenvalue weighted by molar-refractivity contribution is 9.10. The third-order valence-electron chi connectivity index (χ3n) is 2.40. The molecule has 2 aromatic rings. The maximum Gasteiger partial charge on any atom is 0.0864 e. The predicted octanol–water partition coefficient (Wildman–Crippen LogP) is 3.09. The van der Waals surface area contributed by atoms with E-state index < -0.39 is 0 Å². The SMILES string of the molecule is COCc1cc2cccc(Br)c2n1C. The van der Waals surface area contributed by atoms with E-state index in [-0.39, 0.29) is 0 Å². The fourth-order valence-electron chi connectivity index (χ4n) is 1.71. The number of methoxy groups -OCH3 is 1. The predicted molar refractivity (Wildman–Crippen MR) is 61.3 cm³/mol. The van der Waals surface area contributed by atoms with Gasteiger partial charge < -0.3 is 9.30 Å². The van der Waals surface area contributed by atoms with Crippen molar-refractivity contribution < 1.29 is 4.74 Å². The van der Waals surface area contributed by atoms with Gasteiger partial charge in [-0.2, -0.15) is 0 Å². The lowest BCUT2D eigenvalue weighted by molar-refractivity contribution is 0.179. The van der Waals surface area contributed by atoms with Crippen LogP contribution in [-0.4, -0.2) is 11.7 Å². The first-order valence-electron chi connectivity index (χ1n) is 4.46. The Labute approximate surface area is 91.6 Å². The molecule has 0 radical (unpaired) electrons. The Hall–Kier alpha value is -0.800. The molecule has 3 heteroatoms. The third kappa shape index (κ3) is 1.47. The van der Waals surface area contributed by atoms with Crippen LogP contribution >= 0.6 is 15.9 Å². The molecule has 0 spiro atoms. The zero-order valence-corrected chi connectivity index (χ0v) is 9.84. The molecular formula is C11H12BrNO. The lowest BCUT2D eigenvalue weighted by Crippen LogP contribution is -1.97. The van der Waals surface area contributed by atoms with Crippen molar-refractivity contribution >= 4 is 26.8 Å². The lowest BCUT2D eigenvalue weighted by atomic mass is 10.2. The number of rotatable bonds is 2. The van der Waals surface area contributed by atoms with Crippen molar-refractivity contribution in [3.63, 3.8) is 0 Å². The molecule has 0 bridgehead atoms. The van der Waals surface area contributed by atoms with Gasteiger partial charge >= 0.3 is 0 Å². The van der Waals surface area contributed by atoms with Crippen LogP contribution in [0.5, 0.6) is 0 Å². The summed E-state index contributed by atoms with van der Waals surface area (Å²) in [5.41, 5.74) is 2.41. The number of benzene rings is 1. The summed E-state index contributed by atoms with van der Waals surface area (Å²) in [6.45, 7) is 0.650. The number of halogens is 1. The molecule has 0 aliphatic rings. The van der Waals surface area contributed by atoms with Crippen LogP contribution < -0.4 is 0 Å². The lowest BCUT2D eigenvalue weighted by Gasteiger charge is -2.03. The summed E-state index contributed by atoms with van der Waals surface area (Å²) in [5, 5.41) is 1.24. The van der Waals surface area contributed by atoms with Gasteiger partial charge in [0.25, 0.3) is 0 Å². The zero-order valence-electron chi connectivity index (χ0n) is 8.25. The van der Waals surface area contributed by atoms with Crippen molar-refractivity contribution in [1.29, 1.82) is 0 Å². The molecule has 0 aliphatic heterocycles. The summed E-state index contributed by atoms with van der Waals surface area (Å²) < 4.78 is 8.42. The molecule has 0 N–H and O–H groups in total. The van der Waals surface area contributed by atoms with Crippen molar-refractivity contribution in [3.05, 3.63) is 34.4 Å². The van der Waals surface area contributed by atoms with Crippen molar-refractivity contribution in [3.8, 4) is 0 Å². The normalized spacial score (nSPS) is 11.1. The van der Waals surface area contributed by atoms with Crippen LogP contribution in [0.4, 0.5) is 0 Å². The maximum atomic E-state index is 5.14. The highest BCUT2D eigenvalue weighted by Gasteiger charge is 2.07. The van der Waals surface area contributed by atoms with E-state index in [0.29, 0.717) is 6.61 Å². The van der Waals surface area contributed by atoms with Gasteiger partial charge in [-0.3, -0.25) is 0 Å². The van der Waals surface area contributed by atoms with Crippen molar-refractivity contribution in [2.24, 2.45) is 7.05 Å². The number of para-hydroxylation sites is 1. The van der Waals surface area contributed by atoms with Crippen LogP contribution in [0.3, 0.4) is 0 Å². The molecule has 1 aromatic heterocycles. The molecule has 0 atom stereocenters. The molecule has 2 rings (SSSR count). The van der Waals surface area contributed by atoms with Crippen LogP contribution in [-0.2, 0) is 18.4 Å². The molecule has 0 amide bonds. The summed E-state index contributed by atoms with van der Waals surface area (Å²) in [4.78, 5) is 0. The second kappa shape index (κ2) is 3.75. The third-order valence-corrected chi connectivity index (χ3v) is 3.04. The molecule has 0 saturated heterocycles. The minimum atomic E-state index is 0.650. The average Bonchev–Trinajstić information content (AvgIpc) is 2.46. The summed E-state index contributed by atoms with van der Waals surface area (Å²) in [7, 11) is 3.77. The molecule has 0 unspecified atom stereocenters. The highest BCUT2D eigenvalue weighted by atomic mass is 79.9. The van der Waals surface area contributed by atoms with Crippen molar-refractivity contribution in [2.45, 2.75) is 6.61 Å². The van der Waals surface area contributed by atoms with Gasteiger partial charge in [0.05, 0.1) is 12.1 Å². The van der Waals surface area contributed by atoms with Gasteiger partial charge in [-0.1, -0.05) is 12.1 Å². The van der Waals surface area contributed by atoms with E-state index in [1.807, 2.05) is 6.07 Å². The number of aryl methyl sites for hydroxylation is 1. The Kier molecular flexibility index (Phi) is 2.61. The standard InChI is InChI=1S/C11H12BrNO/c1-13-9(7-14-2)6-8-4-3-5-10(12)11(8)13/h3-6H,7H2,1-2H3. The van der Waals surface area contributed by atoms with Crippen molar-refractivity contribution in [1.82, 2.24) is 4.57 Å². The Bertz CT molecular complexity index is 462.